The molecule has 0 spiro atoms. The van der Waals surface area contributed by atoms with E-state index in [0.29, 0.717) is 51.4 Å². The fourth-order valence-corrected chi connectivity index (χ4v) is 26.7. The number of carboxylic acid groups (broad SMARTS) is 6. The second kappa shape index (κ2) is 33.4. The number of ether oxygens (including phenoxy) is 8. The zero-order valence-electron chi connectivity index (χ0n) is 70.7. The fourth-order valence-electron chi connectivity index (χ4n) is 26.7. The maximum absolute atomic E-state index is 14.8. The summed E-state index contributed by atoms with van der Waals surface area (Å²) in [5.41, 5.74) is -3.62. The Hall–Kier alpha value is -1.81. The number of rotatable bonds is 14. The quantitative estimate of drug-likeness (QED) is 0.0695. The van der Waals surface area contributed by atoms with Crippen LogP contribution in [0.3, 0.4) is 0 Å². The minimum atomic E-state index is -2.05. The number of carbonyl (C=O) groups is 8. The predicted molar refractivity (Wildman–Crippen MR) is 399 cm³/mol. The Morgan fingerprint density at radius 1 is 0.347 bits per heavy atom. The Balaban J connectivity index is 0.000000228. The van der Waals surface area contributed by atoms with Crippen LogP contribution in [0.1, 0.15) is 213 Å². The molecule has 0 unspecified atom stereocenters. The molecule has 14 rings (SSSR count). The average Bonchev–Trinajstić information content (AvgIpc) is 0.675. The molecule has 0 radical (unpaired) electrons. The molecule has 12 fully saturated rings. The van der Waals surface area contributed by atoms with Crippen LogP contribution in [0, 0.1) is 100 Å². The topological polar surface area (TPSA) is 534 Å². The second-order valence-corrected chi connectivity index (χ2v) is 41.2. The molecule has 118 heavy (non-hydrogen) atoms. The molecule has 0 bridgehead atoms. The van der Waals surface area contributed by atoms with E-state index in [4.69, 9.17) is 37.9 Å². The Morgan fingerprint density at radius 3 is 0.932 bits per heavy atom. The molecule has 14 aliphatic rings. The monoisotopic (exact) mass is 1720 g/mol. The van der Waals surface area contributed by atoms with E-state index in [1.807, 2.05) is 53.7 Å². The number of allylic oxidation sites excluding steroid dienone is 4. The first-order valence-corrected chi connectivity index (χ1v) is 41.5. The van der Waals surface area contributed by atoms with E-state index in [1.165, 1.54) is 0 Å². The van der Waals surface area contributed by atoms with Gasteiger partial charge in [-0.25, -0.2) is 19.2 Å². The summed E-state index contributed by atoms with van der Waals surface area (Å²) in [5, 5.41) is 166. The molecular weight excluding hydrogens is 1600 g/mol. The van der Waals surface area contributed by atoms with Crippen molar-refractivity contribution in [2.24, 2.45) is 100 Å². The maximum atomic E-state index is 14.8. The van der Waals surface area contributed by atoms with Gasteiger partial charge in [0.05, 0.1) is 23.0 Å². The molecule has 0 amide bonds. The standard InChI is InChI=1S/2C42H62O16.2K/c2*1-37(2)21-8-11-42(7)31(20(43)16-18-19-17-39(4,36(53)54)13-12-38(19,3)14-15-41(18,42)6)40(21,5)10-9-22(37)55-35-30(26(47)25(46)29(57-35)33(51)52)58-34-27(48)23(44)24(45)28(56-34)32(49)50;;/h2*16,19,21-31,34-35,44-48H,8-15,17H2,1-7H3,(H,49,50)(H,51,52)(H,53,54);;/q;;2*+1/t2*19-,21-,22-,23-,24-,25-,26-,27+,28-,29-,30+,31+,34-,35-,38+,39-,40-,41+,42+;;/m00../s1. The average molecular weight is 1720 g/mol. The van der Waals surface area contributed by atoms with Gasteiger partial charge in [-0.2, -0.15) is 0 Å². The summed E-state index contributed by atoms with van der Waals surface area (Å²) in [6, 6.07) is 0. The van der Waals surface area contributed by atoms with Crippen LogP contribution in [-0.4, -0.2) is 264 Å². The van der Waals surface area contributed by atoms with E-state index in [-0.39, 0.29) is 172 Å². The molecule has 16 N–H and O–H groups in total. The minimum Gasteiger partial charge on any atom is -0.481 e. The zero-order chi connectivity index (χ0) is 85.7. The Bertz CT molecular complexity index is 3720. The van der Waals surface area contributed by atoms with E-state index in [2.05, 4.69) is 55.4 Å². The van der Waals surface area contributed by atoms with E-state index >= 15 is 0 Å². The minimum absolute atomic E-state index is 0. The smallest absolute Gasteiger partial charge is 0.481 e. The van der Waals surface area contributed by atoms with Crippen molar-refractivity contribution in [2.75, 3.05) is 0 Å². The van der Waals surface area contributed by atoms with E-state index < -0.39 is 214 Å². The molecule has 0 aromatic carbocycles. The summed E-state index contributed by atoms with van der Waals surface area (Å²) in [6.07, 6.45) is -24.5. The van der Waals surface area contributed by atoms with E-state index in [0.717, 1.165) is 75.4 Å². The number of aliphatic hydroxyl groups excluding tert-OH is 10. The third-order valence-corrected chi connectivity index (χ3v) is 34.4. The molecule has 10 aliphatic carbocycles. The van der Waals surface area contributed by atoms with Gasteiger partial charge in [-0.3, -0.25) is 19.2 Å². The van der Waals surface area contributed by atoms with Gasteiger partial charge < -0.3 is 120 Å². The summed E-state index contributed by atoms with van der Waals surface area (Å²) < 4.78 is 46.8. The van der Waals surface area contributed by atoms with Gasteiger partial charge in [-0.15, -0.1) is 0 Å². The van der Waals surface area contributed by atoms with Gasteiger partial charge in [0.15, 0.2) is 61.1 Å². The molecule has 652 valence electrons. The van der Waals surface area contributed by atoms with Crippen LogP contribution in [0.4, 0.5) is 0 Å². The van der Waals surface area contributed by atoms with Gasteiger partial charge >= 0.3 is 139 Å². The van der Waals surface area contributed by atoms with Crippen molar-refractivity contribution in [3.8, 4) is 0 Å². The van der Waals surface area contributed by atoms with Gasteiger partial charge in [0.25, 0.3) is 0 Å². The number of fused-ring (bicyclic) bond motifs is 14. The molecule has 8 saturated carbocycles. The van der Waals surface area contributed by atoms with Crippen molar-refractivity contribution >= 4 is 47.4 Å². The Morgan fingerprint density at radius 2 is 0.636 bits per heavy atom. The summed E-state index contributed by atoms with van der Waals surface area (Å²) in [5.74, 6) is -8.94. The second-order valence-electron chi connectivity index (χ2n) is 41.2. The number of hydrogen-bond donors (Lipinski definition) is 16. The third kappa shape index (κ3) is 15.2. The summed E-state index contributed by atoms with van der Waals surface area (Å²) >= 11 is 0. The van der Waals surface area contributed by atoms with Crippen molar-refractivity contribution in [3.05, 3.63) is 23.3 Å². The summed E-state index contributed by atoms with van der Waals surface area (Å²) in [6.45, 7) is 29.7. The van der Waals surface area contributed by atoms with Crippen LogP contribution in [0.2, 0.25) is 0 Å². The zero-order valence-corrected chi connectivity index (χ0v) is 77.0. The van der Waals surface area contributed by atoms with E-state index in [1.54, 1.807) is 0 Å². The molecule has 4 aliphatic heterocycles. The molecule has 0 aromatic rings. The molecule has 32 nitrogen and oxygen atoms in total. The molecule has 4 saturated heterocycles. The maximum Gasteiger partial charge on any atom is 1.00 e. The summed E-state index contributed by atoms with van der Waals surface area (Å²) in [7, 11) is 0. The van der Waals surface area contributed by atoms with Gasteiger partial charge in [-0.05, 0) is 219 Å². The molecule has 0 aromatic heterocycles. The van der Waals surface area contributed by atoms with Crippen LogP contribution in [0.15, 0.2) is 23.3 Å². The van der Waals surface area contributed by atoms with Crippen LogP contribution in [-0.2, 0) is 76.3 Å². The van der Waals surface area contributed by atoms with Crippen molar-refractivity contribution < 1.29 is 261 Å². The van der Waals surface area contributed by atoms with E-state index in [9.17, 15) is 120 Å². The first-order valence-electron chi connectivity index (χ1n) is 41.5. The van der Waals surface area contributed by atoms with Gasteiger partial charge in [0.2, 0.25) is 0 Å². The first-order chi connectivity index (χ1) is 53.5. The molecule has 34 heteroatoms. The van der Waals surface area contributed by atoms with Crippen LogP contribution >= 0.6 is 0 Å². The van der Waals surface area contributed by atoms with Crippen molar-refractivity contribution in [2.45, 2.75) is 348 Å². The van der Waals surface area contributed by atoms with Gasteiger partial charge in [0, 0.05) is 11.8 Å². The third-order valence-electron chi connectivity index (χ3n) is 34.4. The number of ketones is 2. The first kappa shape index (κ1) is 96.8. The molecule has 38 atom stereocenters. The summed E-state index contributed by atoms with van der Waals surface area (Å²) in [4.78, 5) is 103. The molecule has 4 heterocycles. The van der Waals surface area contributed by atoms with Crippen LogP contribution < -0.4 is 103 Å². The van der Waals surface area contributed by atoms with Crippen molar-refractivity contribution in [3.63, 3.8) is 0 Å². The Labute approximate surface area is 771 Å². The van der Waals surface area contributed by atoms with Crippen LogP contribution in [0.25, 0.3) is 0 Å². The SMILES string of the molecule is CC1(C)[C@@H](O[C@H]2O[C@H](C(=O)O)[C@@H](O)[C@H](O)[C@H]2O[C@@H]2O[C@H](C(=O)O)[C@@H](O)[C@H](O)[C@H]2O)CC[C@]2(C)[C@H]3C(=O)C=C4[C@@H]5C[C@@](C)(C(=O)O)CC[C@]5(C)CC[C@@]4(C)[C@]3(C)CC[C@@H]12.CC1(C)[C@@H](O[C@H]2O[C@H](C(=O)O)[C@@H](O)[C@H](O)[C@H]2O[C@@H]2O[C@H](C(=O)O)[C@@H](O)[C@H](O)[C@H]2O)CC[C@]2(C)[C@H]3C(=O)C=C4[C@@H]5C[C@@](C)(C(=O)O)CC[C@]5(C)CC[C@@]4(C)[C@]3(C)CC[C@@H]12.[K+].[K+]. The van der Waals surface area contributed by atoms with Crippen molar-refractivity contribution in [1.29, 1.82) is 0 Å². The fraction of sp³-hybridized carbons (Fsp3) is 0.857. The number of aliphatic hydroxyl groups is 10. The normalized spacial score (nSPS) is 51.7. The predicted octanol–water partition coefficient (Wildman–Crippen LogP) is -1.50. The van der Waals surface area contributed by atoms with Crippen LogP contribution in [0.5, 0.6) is 0 Å². The van der Waals surface area contributed by atoms with Gasteiger partial charge in [0.1, 0.15) is 73.2 Å². The number of hydrogen-bond acceptors (Lipinski definition) is 26. The largest absolute Gasteiger partial charge is 1.00 e. The Kier molecular flexibility index (Phi) is 27.4. The van der Waals surface area contributed by atoms with Crippen molar-refractivity contribution in [1.82, 2.24) is 0 Å². The van der Waals surface area contributed by atoms with Gasteiger partial charge in [-0.1, -0.05) is 94.2 Å². The number of carbonyl (C=O) groups excluding carboxylic acids is 2. The number of aliphatic carboxylic acids is 6. The number of carboxylic acids is 6. The molecular formula is C84H124K2O32+2.